The van der Waals surface area contributed by atoms with E-state index in [0.29, 0.717) is 31.0 Å². The van der Waals surface area contributed by atoms with Gasteiger partial charge in [0.2, 0.25) is 17.7 Å². The lowest BCUT2D eigenvalue weighted by Gasteiger charge is -2.41. The molecule has 0 radical (unpaired) electrons. The van der Waals surface area contributed by atoms with Crippen LogP contribution in [0.4, 0.5) is 0 Å². The lowest BCUT2D eigenvalue weighted by Crippen LogP contribution is -2.50. The molecule has 0 unspecified atom stereocenters. The molecule has 3 rings (SSSR count). The van der Waals surface area contributed by atoms with Gasteiger partial charge in [0.25, 0.3) is 0 Å². The molecular weight excluding hydrogens is 358 g/mol. The molecule has 1 aromatic rings. The summed E-state index contributed by atoms with van der Waals surface area (Å²) < 4.78 is 10.8. The van der Waals surface area contributed by atoms with Crippen LogP contribution in [-0.4, -0.2) is 78.4 Å². The smallest absolute Gasteiger partial charge is 0.230 e. The predicted octanol–water partition coefficient (Wildman–Crippen LogP) is 1.63. The van der Waals surface area contributed by atoms with Crippen LogP contribution in [0.2, 0.25) is 0 Å². The average Bonchev–Trinajstić information content (AvgIpc) is 3.18. The van der Waals surface area contributed by atoms with Crippen molar-refractivity contribution in [1.29, 1.82) is 0 Å². The van der Waals surface area contributed by atoms with E-state index in [-0.39, 0.29) is 17.7 Å². The number of amides is 1. The quantitative estimate of drug-likeness (QED) is 0.672. The standard InChI is InChI=1S/C20H35N5O3/c1-15(2)20-23-22-18(28-20)14-24-10-6-17(7-11-24)25-9-4-5-16(13-25)19(26)21-8-12-27-3/h15-17H,4-14H2,1-3H3,(H,21,26)/t16-/m1/s1. The van der Waals surface area contributed by atoms with Crippen LogP contribution in [0.25, 0.3) is 0 Å². The topological polar surface area (TPSA) is 83.7 Å². The summed E-state index contributed by atoms with van der Waals surface area (Å²) in [7, 11) is 1.66. The normalized spacial score (nSPS) is 22.6. The number of hydrogen-bond acceptors (Lipinski definition) is 7. The fourth-order valence-electron chi connectivity index (χ4n) is 4.17. The first kappa shape index (κ1) is 21.2. The van der Waals surface area contributed by atoms with E-state index in [2.05, 4.69) is 39.2 Å². The van der Waals surface area contributed by atoms with Crippen LogP contribution >= 0.6 is 0 Å². The largest absolute Gasteiger partial charge is 0.424 e. The Morgan fingerprint density at radius 1 is 1.25 bits per heavy atom. The summed E-state index contributed by atoms with van der Waals surface area (Å²) in [5, 5.41) is 11.3. The van der Waals surface area contributed by atoms with Crippen molar-refractivity contribution in [3.05, 3.63) is 11.8 Å². The fraction of sp³-hybridized carbons (Fsp3) is 0.850. The third-order valence-electron chi connectivity index (χ3n) is 5.84. The van der Waals surface area contributed by atoms with Gasteiger partial charge in [-0.05, 0) is 32.2 Å². The number of rotatable bonds is 8. The Hall–Kier alpha value is -1.51. The van der Waals surface area contributed by atoms with Crippen molar-refractivity contribution in [2.24, 2.45) is 5.92 Å². The molecule has 0 aromatic carbocycles. The second-order valence-electron chi connectivity index (χ2n) is 8.31. The molecule has 28 heavy (non-hydrogen) atoms. The van der Waals surface area contributed by atoms with Crippen LogP contribution in [0.5, 0.6) is 0 Å². The van der Waals surface area contributed by atoms with Crippen LogP contribution in [0.3, 0.4) is 0 Å². The van der Waals surface area contributed by atoms with Gasteiger partial charge in [0.15, 0.2) is 0 Å². The molecule has 2 saturated heterocycles. The molecule has 1 amide bonds. The molecule has 158 valence electrons. The number of carbonyl (C=O) groups is 1. The molecule has 3 heterocycles. The molecule has 0 aliphatic carbocycles. The predicted molar refractivity (Wildman–Crippen MR) is 106 cm³/mol. The van der Waals surface area contributed by atoms with Gasteiger partial charge >= 0.3 is 0 Å². The first-order valence-corrected chi connectivity index (χ1v) is 10.6. The van der Waals surface area contributed by atoms with Crippen molar-refractivity contribution >= 4 is 5.91 Å². The van der Waals surface area contributed by atoms with Gasteiger partial charge in [-0.2, -0.15) is 0 Å². The van der Waals surface area contributed by atoms with Crippen molar-refractivity contribution in [3.63, 3.8) is 0 Å². The van der Waals surface area contributed by atoms with Gasteiger partial charge in [-0.25, -0.2) is 0 Å². The number of carbonyl (C=O) groups excluding carboxylic acids is 1. The van der Waals surface area contributed by atoms with Crippen molar-refractivity contribution in [1.82, 2.24) is 25.3 Å². The minimum absolute atomic E-state index is 0.108. The van der Waals surface area contributed by atoms with Crippen LogP contribution < -0.4 is 5.32 Å². The lowest BCUT2D eigenvalue weighted by molar-refractivity contribution is -0.127. The van der Waals surface area contributed by atoms with Gasteiger partial charge in [0.1, 0.15) is 0 Å². The highest BCUT2D eigenvalue weighted by Gasteiger charge is 2.31. The number of aromatic nitrogens is 2. The Labute approximate surface area is 168 Å². The van der Waals surface area contributed by atoms with Gasteiger partial charge in [0.05, 0.1) is 19.1 Å². The molecule has 8 heteroatoms. The van der Waals surface area contributed by atoms with Crippen LogP contribution in [-0.2, 0) is 16.1 Å². The van der Waals surface area contributed by atoms with Crippen LogP contribution in [0.1, 0.15) is 57.2 Å². The fourth-order valence-corrected chi connectivity index (χ4v) is 4.17. The molecule has 2 fully saturated rings. The molecule has 1 aromatic heterocycles. The Balaban J connectivity index is 1.43. The van der Waals surface area contributed by atoms with E-state index in [9.17, 15) is 4.79 Å². The number of hydrogen-bond donors (Lipinski definition) is 1. The Morgan fingerprint density at radius 2 is 2.04 bits per heavy atom. The summed E-state index contributed by atoms with van der Waals surface area (Å²) in [4.78, 5) is 17.3. The van der Waals surface area contributed by atoms with Crippen molar-refractivity contribution in [3.8, 4) is 0 Å². The monoisotopic (exact) mass is 393 g/mol. The number of piperidine rings is 2. The molecule has 0 spiro atoms. The molecule has 2 aliphatic heterocycles. The second kappa shape index (κ2) is 10.3. The molecule has 1 N–H and O–H groups in total. The highest BCUT2D eigenvalue weighted by Crippen LogP contribution is 2.25. The van der Waals surface area contributed by atoms with Gasteiger partial charge in [-0.3, -0.25) is 14.6 Å². The maximum Gasteiger partial charge on any atom is 0.230 e. The maximum absolute atomic E-state index is 12.4. The van der Waals surface area contributed by atoms with E-state index < -0.39 is 0 Å². The summed E-state index contributed by atoms with van der Waals surface area (Å²) in [6.07, 6.45) is 4.35. The summed E-state index contributed by atoms with van der Waals surface area (Å²) in [6.45, 7) is 10.1. The van der Waals surface area contributed by atoms with Gasteiger partial charge in [-0.1, -0.05) is 13.8 Å². The highest BCUT2D eigenvalue weighted by molar-refractivity contribution is 5.78. The van der Waals surface area contributed by atoms with E-state index in [1.165, 1.54) is 0 Å². The third kappa shape index (κ3) is 5.75. The number of ether oxygens (including phenoxy) is 1. The Morgan fingerprint density at radius 3 is 2.71 bits per heavy atom. The first-order valence-electron chi connectivity index (χ1n) is 10.6. The molecular formula is C20H35N5O3. The maximum atomic E-state index is 12.4. The number of methoxy groups -OCH3 is 1. The van der Waals surface area contributed by atoms with E-state index in [1.54, 1.807) is 7.11 Å². The SMILES string of the molecule is COCCNC(=O)[C@@H]1CCCN(C2CCN(Cc3nnc(C(C)C)o3)CC2)C1. The first-order chi connectivity index (χ1) is 13.6. The van der Waals surface area contributed by atoms with E-state index >= 15 is 0 Å². The van der Waals surface area contributed by atoms with Crippen molar-refractivity contribution in [2.75, 3.05) is 46.4 Å². The summed E-state index contributed by atoms with van der Waals surface area (Å²) in [5.41, 5.74) is 0. The summed E-state index contributed by atoms with van der Waals surface area (Å²) >= 11 is 0. The number of nitrogens with zero attached hydrogens (tertiary/aromatic N) is 4. The van der Waals surface area contributed by atoms with Gasteiger partial charge in [0, 0.05) is 45.2 Å². The molecule has 0 saturated carbocycles. The molecule has 1 atom stereocenters. The van der Waals surface area contributed by atoms with Crippen molar-refractivity contribution in [2.45, 2.75) is 58.0 Å². The zero-order chi connectivity index (χ0) is 19.9. The molecule has 2 aliphatic rings. The minimum Gasteiger partial charge on any atom is -0.424 e. The zero-order valence-corrected chi connectivity index (χ0v) is 17.5. The molecule has 0 bridgehead atoms. The zero-order valence-electron chi connectivity index (χ0n) is 17.5. The second-order valence-corrected chi connectivity index (χ2v) is 8.31. The van der Waals surface area contributed by atoms with E-state index in [1.807, 2.05) is 0 Å². The third-order valence-corrected chi connectivity index (χ3v) is 5.84. The van der Waals surface area contributed by atoms with E-state index in [0.717, 1.165) is 58.4 Å². The Bertz CT molecular complexity index is 613. The van der Waals surface area contributed by atoms with E-state index in [4.69, 9.17) is 9.15 Å². The highest BCUT2D eigenvalue weighted by atomic mass is 16.5. The number of likely N-dealkylation sites (tertiary alicyclic amines) is 2. The Kier molecular flexibility index (Phi) is 7.82. The van der Waals surface area contributed by atoms with Gasteiger partial charge < -0.3 is 14.5 Å². The number of nitrogens with one attached hydrogen (secondary N) is 1. The van der Waals surface area contributed by atoms with Crippen LogP contribution in [0.15, 0.2) is 4.42 Å². The summed E-state index contributed by atoms with van der Waals surface area (Å²) in [6, 6.07) is 0.569. The van der Waals surface area contributed by atoms with Crippen molar-refractivity contribution < 1.29 is 13.9 Å². The van der Waals surface area contributed by atoms with Gasteiger partial charge in [-0.15, -0.1) is 10.2 Å². The summed E-state index contributed by atoms with van der Waals surface area (Å²) in [5.74, 6) is 1.99. The lowest BCUT2D eigenvalue weighted by atomic mass is 9.93. The minimum atomic E-state index is 0.108. The molecule has 8 nitrogen and oxygen atoms in total. The average molecular weight is 394 g/mol. The van der Waals surface area contributed by atoms with Crippen LogP contribution in [0, 0.1) is 5.92 Å².